The molecule has 2 aromatic heterocycles. The first-order valence-corrected chi connectivity index (χ1v) is 9.69. The number of nitrogens with zero attached hydrogens (tertiary/aromatic N) is 3. The summed E-state index contributed by atoms with van der Waals surface area (Å²) < 4.78 is 1.86. The third kappa shape index (κ3) is 2.99. The standard InChI is InChI=1S/C23H23N5/c1-15-14-23(28(2)27-15)26-20-9-5-8-19-18(20)11-13-22(24-19)25-21-12-10-16-6-3-4-7-17(16)21/h3-9,11,13-14,21,26H,10,12H2,1-2H3,(H,24,25)/t21-/m1/s1. The SMILES string of the molecule is Cc1cc(Nc2cccc3nc(N[C@@H]4CCc5ccccc54)ccc23)n(C)n1. The molecule has 0 bridgehead atoms. The molecule has 1 atom stereocenters. The quantitative estimate of drug-likeness (QED) is 0.524. The lowest BCUT2D eigenvalue weighted by Gasteiger charge is -2.16. The number of aryl methyl sites for hydroxylation is 3. The van der Waals surface area contributed by atoms with E-state index in [-0.39, 0.29) is 0 Å². The van der Waals surface area contributed by atoms with Gasteiger partial charge in [-0.1, -0.05) is 30.3 Å². The maximum atomic E-state index is 4.87. The molecule has 5 nitrogen and oxygen atoms in total. The third-order valence-corrected chi connectivity index (χ3v) is 5.45. The normalized spacial score (nSPS) is 15.6. The molecule has 0 amide bonds. The summed E-state index contributed by atoms with van der Waals surface area (Å²) in [6, 6.07) is 21.4. The van der Waals surface area contributed by atoms with E-state index < -0.39 is 0 Å². The Hall–Kier alpha value is -3.34. The van der Waals surface area contributed by atoms with Gasteiger partial charge in [0.2, 0.25) is 0 Å². The second-order valence-electron chi connectivity index (χ2n) is 7.42. The van der Waals surface area contributed by atoms with E-state index in [1.807, 2.05) is 30.8 Å². The summed E-state index contributed by atoms with van der Waals surface area (Å²) in [5.74, 6) is 1.89. The maximum absolute atomic E-state index is 4.87. The molecular formula is C23H23N5. The maximum Gasteiger partial charge on any atom is 0.128 e. The van der Waals surface area contributed by atoms with Crippen molar-refractivity contribution >= 4 is 28.2 Å². The Morgan fingerprint density at radius 2 is 1.93 bits per heavy atom. The summed E-state index contributed by atoms with van der Waals surface area (Å²) in [6.45, 7) is 1.99. The molecular weight excluding hydrogens is 346 g/mol. The van der Waals surface area contributed by atoms with Crippen LogP contribution in [0.25, 0.3) is 10.9 Å². The molecule has 5 rings (SSSR count). The molecule has 2 aromatic carbocycles. The fourth-order valence-corrected chi connectivity index (χ4v) is 4.10. The van der Waals surface area contributed by atoms with Crippen LogP contribution < -0.4 is 10.6 Å². The molecule has 5 heteroatoms. The van der Waals surface area contributed by atoms with Gasteiger partial charge in [0, 0.05) is 24.2 Å². The van der Waals surface area contributed by atoms with Crippen LogP contribution in [0, 0.1) is 6.92 Å². The zero-order valence-corrected chi connectivity index (χ0v) is 16.1. The number of aromatic nitrogens is 3. The van der Waals surface area contributed by atoms with Crippen molar-refractivity contribution in [2.45, 2.75) is 25.8 Å². The highest BCUT2D eigenvalue weighted by molar-refractivity contribution is 5.93. The van der Waals surface area contributed by atoms with Crippen molar-refractivity contribution in [1.29, 1.82) is 0 Å². The van der Waals surface area contributed by atoms with Crippen molar-refractivity contribution in [3.05, 3.63) is 77.5 Å². The Balaban J connectivity index is 1.43. The summed E-state index contributed by atoms with van der Waals surface area (Å²) in [5.41, 5.74) is 5.84. The predicted molar refractivity (Wildman–Crippen MR) is 114 cm³/mol. The van der Waals surface area contributed by atoms with E-state index in [9.17, 15) is 0 Å². The van der Waals surface area contributed by atoms with Crippen molar-refractivity contribution in [3.8, 4) is 0 Å². The smallest absolute Gasteiger partial charge is 0.128 e. The van der Waals surface area contributed by atoms with Crippen LogP contribution in [0.15, 0.2) is 60.7 Å². The van der Waals surface area contributed by atoms with Gasteiger partial charge in [-0.25, -0.2) is 4.98 Å². The van der Waals surface area contributed by atoms with E-state index in [1.54, 1.807) is 0 Å². The van der Waals surface area contributed by atoms with Crippen molar-refractivity contribution in [2.75, 3.05) is 10.6 Å². The summed E-state index contributed by atoms with van der Waals surface area (Å²) in [7, 11) is 1.94. The van der Waals surface area contributed by atoms with Crippen molar-refractivity contribution in [3.63, 3.8) is 0 Å². The summed E-state index contributed by atoms with van der Waals surface area (Å²) >= 11 is 0. The molecule has 140 valence electrons. The number of benzene rings is 2. The van der Waals surface area contributed by atoms with Gasteiger partial charge < -0.3 is 10.6 Å². The fraction of sp³-hybridized carbons (Fsp3) is 0.217. The summed E-state index contributed by atoms with van der Waals surface area (Å²) in [4.78, 5) is 4.87. The first-order valence-electron chi connectivity index (χ1n) is 9.69. The topological polar surface area (TPSA) is 54.8 Å². The van der Waals surface area contributed by atoms with Crippen LogP contribution in [0.4, 0.5) is 17.3 Å². The third-order valence-electron chi connectivity index (χ3n) is 5.45. The number of nitrogens with one attached hydrogen (secondary N) is 2. The molecule has 28 heavy (non-hydrogen) atoms. The minimum Gasteiger partial charge on any atom is -0.363 e. The minimum absolute atomic E-state index is 0.333. The molecule has 0 aliphatic heterocycles. The van der Waals surface area contributed by atoms with Crippen molar-refractivity contribution in [1.82, 2.24) is 14.8 Å². The van der Waals surface area contributed by atoms with Crippen molar-refractivity contribution < 1.29 is 0 Å². The Kier molecular flexibility index (Phi) is 4.01. The lowest BCUT2D eigenvalue weighted by atomic mass is 10.1. The number of rotatable bonds is 4. The monoisotopic (exact) mass is 369 g/mol. The summed E-state index contributed by atoms with van der Waals surface area (Å²) in [5, 5.41) is 12.6. The molecule has 2 N–H and O–H groups in total. The molecule has 2 heterocycles. The Bertz CT molecular complexity index is 1160. The number of fused-ring (bicyclic) bond motifs is 2. The number of anilines is 3. The zero-order chi connectivity index (χ0) is 19.1. The Morgan fingerprint density at radius 3 is 2.79 bits per heavy atom. The first kappa shape index (κ1) is 16.8. The molecule has 0 unspecified atom stereocenters. The molecule has 0 fully saturated rings. The van der Waals surface area contributed by atoms with Gasteiger partial charge in [-0.15, -0.1) is 0 Å². The van der Waals surface area contributed by atoms with Gasteiger partial charge in [0.25, 0.3) is 0 Å². The lowest BCUT2D eigenvalue weighted by Crippen LogP contribution is -2.08. The highest BCUT2D eigenvalue weighted by atomic mass is 15.3. The van der Waals surface area contributed by atoms with Crippen molar-refractivity contribution in [2.24, 2.45) is 7.05 Å². The van der Waals surface area contributed by atoms with Crippen LogP contribution in [0.2, 0.25) is 0 Å². The van der Waals surface area contributed by atoms with Gasteiger partial charge in [0.15, 0.2) is 0 Å². The van der Waals surface area contributed by atoms with Gasteiger partial charge >= 0.3 is 0 Å². The van der Waals surface area contributed by atoms with Gasteiger partial charge in [0.1, 0.15) is 11.6 Å². The molecule has 1 aliphatic carbocycles. The van der Waals surface area contributed by atoms with E-state index in [4.69, 9.17) is 4.98 Å². The van der Waals surface area contributed by atoms with E-state index in [0.29, 0.717) is 6.04 Å². The number of hydrogen-bond acceptors (Lipinski definition) is 4. The van der Waals surface area contributed by atoms with Crippen LogP contribution in [-0.4, -0.2) is 14.8 Å². The molecule has 1 aliphatic rings. The number of hydrogen-bond donors (Lipinski definition) is 2. The van der Waals surface area contributed by atoms with Crippen LogP contribution in [-0.2, 0) is 13.5 Å². The average molecular weight is 369 g/mol. The van der Waals surface area contributed by atoms with E-state index in [0.717, 1.165) is 46.8 Å². The van der Waals surface area contributed by atoms with Gasteiger partial charge in [0.05, 0.1) is 17.3 Å². The molecule has 4 aromatic rings. The van der Waals surface area contributed by atoms with Gasteiger partial charge in [-0.05, 0) is 55.2 Å². The van der Waals surface area contributed by atoms with Crippen LogP contribution in [0.3, 0.4) is 0 Å². The molecule has 0 radical (unpaired) electrons. The zero-order valence-electron chi connectivity index (χ0n) is 16.1. The molecule has 0 saturated carbocycles. The minimum atomic E-state index is 0.333. The second-order valence-corrected chi connectivity index (χ2v) is 7.42. The van der Waals surface area contributed by atoms with E-state index >= 15 is 0 Å². The van der Waals surface area contributed by atoms with Gasteiger partial charge in [-0.2, -0.15) is 5.10 Å². The van der Waals surface area contributed by atoms with Gasteiger partial charge in [-0.3, -0.25) is 4.68 Å². The largest absolute Gasteiger partial charge is 0.363 e. The van der Waals surface area contributed by atoms with E-state index in [2.05, 4.69) is 64.3 Å². The fourth-order valence-electron chi connectivity index (χ4n) is 4.10. The molecule has 0 saturated heterocycles. The lowest BCUT2D eigenvalue weighted by molar-refractivity contribution is 0.758. The average Bonchev–Trinajstić information content (AvgIpc) is 3.24. The highest BCUT2D eigenvalue weighted by Crippen LogP contribution is 2.34. The second kappa shape index (κ2) is 6.68. The highest BCUT2D eigenvalue weighted by Gasteiger charge is 2.22. The predicted octanol–water partition coefficient (Wildman–Crippen LogP) is 5.12. The molecule has 0 spiro atoms. The van der Waals surface area contributed by atoms with Crippen LogP contribution in [0.5, 0.6) is 0 Å². The first-order chi connectivity index (χ1) is 13.7. The van der Waals surface area contributed by atoms with Crippen LogP contribution >= 0.6 is 0 Å². The number of pyridine rings is 1. The van der Waals surface area contributed by atoms with Crippen LogP contribution in [0.1, 0.15) is 29.3 Å². The summed E-state index contributed by atoms with van der Waals surface area (Å²) in [6.07, 6.45) is 2.24. The van der Waals surface area contributed by atoms with E-state index in [1.165, 1.54) is 11.1 Å². The Morgan fingerprint density at radius 1 is 1.04 bits per heavy atom. The Labute approximate surface area is 164 Å².